The molecule has 2 saturated heterocycles. The molecular formula is C33H39F3N4O4S. The zero-order valence-corrected chi connectivity index (χ0v) is 26.4. The third-order valence-electron chi connectivity index (χ3n) is 9.01. The molecule has 0 unspecified atom stereocenters. The summed E-state index contributed by atoms with van der Waals surface area (Å²) in [5, 5.41) is 7.44. The summed E-state index contributed by atoms with van der Waals surface area (Å²) in [5.41, 5.74) is 2.52. The number of sulfone groups is 1. The largest absolute Gasteiger partial charge is 0.492 e. The van der Waals surface area contributed by atoms with Gasteiger partial charge >= 0.3 is 6.18 Å². The highest BCUT2D eigenvalue weighted by Gasteiger charge is 2.50. The molecule has 1 aromatic heterocycles. The van der Waals surface area contributed by atoms with Crippen molar-refractivity contribution in [1.82, 2.24) is 9.47 Å². The van der Waals surface area contributed by atoms with Crippen LogP contribution >= 0.6 is 0 Å². The van der Waals surface area contributed by atoms with E-state index in [0.29, 0.717) is 40.4 Å². The summed E-state index contributed by atoms with van der Waals surface area (Å²) in [6, 6.07) is 12.5. The van der Waals surface area contributed by atoms with E-state index in [-0.39, 0.29) is 23.2 Å². The van der Waals surface area contributed by atoms with Gasteiger partial charge in [0.25, 0.3) is 0 Å². The molecule has 3 fully saturated rings. The molecule has 12 heteroatoms. The maximum atomic E-state index is 13.7. The van der Waals surface area contributed by atoms with Crippen molar-refractivity contribution < 1.29 is 31.1 Å². The van der Waals surface area contributed by atoms with Gasteiger partial charge in [0, 0.05) is 54.0 Å². The number of likely N-dealkylation sites (tertiary alicyclic amines) is 1. The van der Waals surface area contributed by atoms with E-state index in [4.69, 9.17) is 9.47 Å². The lowest BCUT2D eigenvalue weighted by Crippen LogP contribution is -2.68. The van der Waals surface area contributed by atoms with Gasteiger partial charge in [-0.2, -0.15) is 13.2 Å². The van der Waals surface area contributed by atoms with E-state index in [1.165, 1.54) is 16.7 Å². The fourth-order valence-corrected chi connectivity index (χ4v) is 7.38. The minimum atomic E-state index is -4.42. The third kappa shape index (κ3) is 7.05. The third-order valence-corrected chi connectivity index (χ3v) is 10.1. The van der Waals surface area contributed by atoms with Gasteiger partial charge < -0.3 is 24.7 Å². The summed E-state index contributed by atoms with van der Waals surface area (Å²) in [7, 11) is -3.42. The quantitative estimate of drug-likeness (QED) is 0.297. The van der Waals surface area contributed by atoms with Crippen LogP contribution in [0.15, 0.2) is 47.4 Å². The van der Waals surface area contributed by atoms with Crippen LogP contribution in [0.5, 0.6) is 5.75 Å². The van der Waals surface area contributed by atoms with Gasteiger partial charge in [0.2, 0.25) is 0 Å². The zero-order valence-electron chi connectivity index (χ0n) is 25.5. The molecule has 2 N–H and O–H groups in total. The van der Waals surface area contributed by atoms with Crippen molar-refractivity contribution in [1.29, 1.82) is 0 Å². The van der Waals surface area contributed by atoms with Crippen LogP contribution in [0, 0.1) is 17.3 Å². The number of aromatic nitrogens is 1. The molecule has 3 aromatic rings. The molecule has 6 rings (SSSR count). The van der Waals surface area contributed by atoms with Crippen LogP contribution < -0.4 is 15.4 Å². The predicted octanol–water partition coefficient (Wildman–Crippen LogP) is 5.52. The Hall–Kier alpha value is -3.40. The highest BCUT2D eigenvalue weighted by Crippen LogP contribution is 2.41. The smallest absolute Gasteiger partial charge is 0.406 e. The van der Waals surface area contributed by atoms with E-state index in [1.54, 1.807) is 31.2 Å². The molecule has 0 radical (unpaired) electrons. The number of benzene rings is 2. The average Bonchev–Trinajstić information content (AvgIpc) is 3.27. The van der Waals surface area contributed by atoms with E-state index in [9.17, 15) is 21.6 Å². The highest BCUT2D eigenvalue weighted by molar-refractivity contribution is 7.90. The second-order valence-electron chi connectivity index (χ2n) is 12.5. The number of nitrogens with one attached hydrogen (secondary N) is 2. The Bertz CT molecular complexity index is 1710. The first-order valence-electron chi connectivity index (χ1n) is 15.4. The van der Waals surface area contributed by atoms with E-state index in [1.807, 2.05) is 6.07 Å². The maximum Gasteiger partial charge on any atom is 0.406 e. The molecule has 242 valence electrons. The Balaban J connectivity index is 1.16. The topological polar surface area (TPSA) is 84.8 Å². The molecule has 1 spiro atoms. The van der Waals surface area contributed by atoms with Gasteiger partial charge in [0.15, 0.2) is 9.84 Å². The first-order valence-corrected chi connectivity index (χ1v) is 17.3. The number of hydrogen-bond acceptors (Lipinski definition) is 7. The van der Waals surface area contributed by atoms with Crippen molar-refractivity contribution in [3.63, 3.8) is 0 Å². The van der Waals surface area contributed by atoms with Crippen molar-refractivity contribution in [3.8, 4) is 17.6 Å². The number of alkyl halides is 3. The average molecular weight is 645 g/mol. The van der Waals surface area contributed by atoms with Crippen LogP contribution in [0.4, 0.5) is 24.5 Å². The fourth-order valence-electron chi connectivity index (χ4n) is 6.74. The minimum Gasteiger partial charge on any atom is -0.492 e. The summed E-state index contributed by atoms with van der Waals surface area (Å²) in [5.74, 6) is 6.23. The SMILES string of the molecule is CCOc1cc(S(C)(=O)=O)ccc1NCC#Cc1cc2c(N[C@H]3CC[C@@H](N4CC5(COC5)C4)CC3)cccc2n1CC(F)(F)F. The molecule has 3 heterocycles. The molecule has 2 aromatic carbocycles. The zero-order chi connectivity index (χ0) is 31.8. The van der Waals surface area contributed by atoms with Gasteiger partial charge in [-0.05, 0) is 68.9 Å². The van der Waals surface area contributed by atoms with Crippen LogP contribution in [-0.2, 0) is 21.1 Å². The lowest BCUT2D eigenvalue weighted by atomic mass is 9.75. The first-order chi connectivity index (χ1) is 21.4. The number of hydrogen-bond donors (Lipinski definition) is 2. The summed E-state index contributed by atoms with van der Waals surface area (Å²) >= 11 is 0. The second-order valence-corrected chi connectivity index (χ2v) is 14.6. The number of fused-ring (bicyclic) bond motifs is 1. The number of ether oxygens (including phenoxy) is 2. The number of nitrogens with zero attached hydrogens (tertiary/aromatic N) is 2. The first kappa shape index (κ1) is 31.6. The summed E-state index contributed by atoms with van der Waals surface area (Å²) in [4.78, 5) is 2.71. The van der Waals surface area contributed by atoms with Crippen molar-refractivity contribution in [2.45, 2.75) is 62.3 Å². The second kappa shape index (κ2) is 12.4. The lowest BCUT2D eigenvalue weighted by molar-refractivity contribution is -0.200. The van der Waals surface area contributed by atoms with E-state index >= 15 is 0 Å². The van der Waals surface area contributed by atoms with Crippen molar-refractivity contribution in [3.05, 3.63) is 48.2 Å². The number of halogens is 3. The molecule has 1 saturated carbocycles. The van der Waals surface area contributed by atoms with Gasteiger partial charge in [-0.15, -0.1) is 0 Å². The Labute approximate surface area is 262 Å². The Kier molecular flexibility index (Phi) is 8.71. The number of rotatable bonds is 9. The molecule has 3 aliphatic rings. The monoisotopic (exact) mass is 644 g/mol. The molecule has 0 amide bonds. The van der Waals surface area contributed by atoms with Crippen LogP contribution in [0.3, 0.4) is 0 Å². The van der Waals surface area contributed by atoms with Gasteiger partial charge in [0.05, 0.1) is 48.2 Å². The summed E-state index contributed by atoms with van der Waals surface area (Å²) < 4.78 is 77.2. The van der Waals surface area contributed by atoms with Gasteiger partial charge in [0.1, 0.15) is 12.3 Å². The van der Waals surface area contributed by atoms with Crippen LogP contribution in [-0.4, -0.2) is 81.9 Å². The molecule has 0 atom stereocenters. The molecule has 8 nitrogen and oxygen atoms in total. The Morgan fingerprint density at radius 1 is 1.07 bits per heavy atom. The molecule has 0 bridgehead atoms. The predicted molar refractivity (Wildman–Crippen MR) is 169 cm³/mol. The van der Waals surface area contributed by atoms with Crippen molar-refractivity contribution >= 4 is 32.1 Å². The van der Waals surface area contributed by atoms with Gasteiger partial charge in [-0.3, -0.25) is 4.90 Å². The highest BCUT2D eigenvalue weighted by atomic mass is 32.2. The van der Waals surface area contributed by atoms with E-state index in [2.05, 4.69) is 27.4 Å². The van der Waals surface area contributed by atoms with Crippen LogP contribution in [0.2, 0.25) is 0 Å². The van der Waals surface area contributed by atoms with Gasteiger partial charge in [-0.1, -0.05) is 12.0 Å². The van der Waals surface area contributed by atoms with Crippen molar-refractivity contribution in [2.24, 2.45) is 5.41 Å². The maximum absolute atomic E-state index is 13.7. The minimum absolute atomic E-state index is 0.116. The fraction of sp³-hybridized carbons (Fsp3) is 0.515. The van der Waals surface area contributed by atoms with E-state index in [0.717, 1.165) is 63.9 Å². The van der Waals surface area contributed by atoms with Gasteiger partial charge in [-0.25, -0.2) is 8.42 Å². The summed E-state index contributed by atoms with van der Waals surface area (Å²) in [6.07, 6.45) is 0.930. The number of anilines is 2. The van der Waals surface area contributed by atoms with E-state index < -0.39 is 22.6 Å². The van der Waals surface area contributed by atoms with Crippen molar-refractivity contribution in [2.75, 3.05) is 56.3 Å². The Morgan fingerprint density at radius 3 is 2.47 bits per heavy atom. The standard InChI is InChI=1S/C33H39F3N4O4S/c1-3-44-31-17-26(45(2,41)42)13-14-29(31)37-15-5-6-25-16-27-28(7-4-8-30(27)40(25)20-33(34,35)36)38-23-9-11-24(12-10-23)39-18-32(19-39)21-43-22-32/h4,7-8,13-14,16-17,23-24,37-38H,3,9-12,15,18-22H2,1-2H3/t23-,24+. The Morgan fingerprint density at radius 2 is 1.82 bits per heavy atom. The van der Waals surface area contributed by atoms with Crippen LogP contribution in [0.25, 0.3) is 10.9 Å². The summed E-state index contributed by atoms with van der Waals surface area (Å²) in [6.45, 7) is 5.12. The molecule has 45 heavy (non-hydrogen) atoms. The van der Waals surface area contributed by atoms with Crippen LogP contribution in [0.1, 0.15) is 38.3 Å². The molecule has 1 aliphatic carbocycles. The lowest BCUT2D eigenvalue weighted by Gasteiger charge is -2.58. The normalized spacial score (nSPS) is 21.4. The molecule has 2 aliphatic heterocycles. The molecular weight excluding hydrogens is 605 g/mol.